The van der Waals surface area contributed by atoms with Gasteiger partial charge in [0.15, 0.2) is 23.0 Å². The van der Waals surface area contributed by atoms with Gasteiger partial charge in [-0.2, -0.15) is 0 Å². The van der Waals surface area contributed by atoms with E-state index in [1.807, 2.05) is 42.5 Å². The Balaban J connectivity index is 1.36. The summed E-state index contributed by atoms with van der Waals surface area (Å²) in [7, 11) is 2.91. The van der Waals surface area contributed by atoms with E-state index in [0.717, 1.165) is 16.7 Å². The van der Waals surface area contributed by atoms with Crippen LogP contribution in [0.3, 0.4) is 0 Å². The molecule has 0 saturated carbocycles. The van der Waals surface area contributed by atoms with E-state index in [1.54, 1.807) is 12.1 Å². The largest absolute Gasteiger partial charge is 0.502 e. The topological polar surface area (TPSA) is 122 Å². The number of hydrogen-bond acceptors (Lipinski definition) is 10. The van der Waals surface area contributed by atoms with Crippen molar-refractivity contribution in [1.82, 2.24) is 5.32 Å². The lowest BCUT2D eigenvalue weighted by molar-refractivity contribution is -0.144. The molecule has 2 N–H and O–H groups in total. The number of cyclic esters (lactones) is 1. The Morgan fingerprint density at radius 2 is 1.65 bits per heavy atom. The summed E-state index contributed by atoms with van der Waals surface area (Å²) < 4.78 is 33.2. The second-order valence-electron chi connectivity index (χ2n) is 9.91. The number of nitrogens with one attached hydrogen (secondary N) is 1. The monoisotopic (exact) mass is 547 g/mol. The van der Waals surface area contributed by atoms with Crippen LogP contribution < -0.4 is 24.3 Å². The van der Waals surface area contributed by atoms with Gasteiger partial charge in [-0.25, -0.2) is 0 Å². The van der Waals surface area contributed by atoms with Crippen molar-refractivity contribution < 1.29 is 43.1 Å². The number of methoxy groups -OCH3 is 2. The molecule has 3 aromatic carbocycles. The van der Waals surface area contributed by atoms with E-state index in [-0.39, 0.29) is 55.7 Å². The van der Waals surface area contributed by atoms with E-state index < -0.39 is 23.8 Å². The molecule has 1 aliphatic carbocycles. The molecule has 40 heavy (non-hydrogen) atoms. The normalized spacial score (nSPS) is 22.2. The summed E-state index contributed by atoms with van der Waals surface area (Å²) in [5, 5.41) is 13.9. The first-order valence-corrected chi connectivity index (χ1v) is 13.0. The molecule has 4 atom stereocenters. The molecular formula is C30H29NO9. The highest BCUT2D eigenvalue weighted by Gasteiger charge is 2.52. The van der Waals surface area contributed by atoms with Crippen LogP contribution in [0.2, 0.25) is 0 Å². The first kappa shape index (κ1) is 25.8. The summed E-state index contributed by atoms with van der Waals surface area (Å²) in [6.45, 7) is 0.370. The fraction of sp³-hybridized carbons (Fsp3) is 0.333. The van der Waals surface area contributed by atoms with Gasteiger partial charge in [0.05, 0.1) is 33.3 Å². The maximum absolute atomic E-state index is 13.2. The quantitative estimate of drug-likeness (QED) is 0.406. The lowest BCUT2D eigenvalue weighted by atomic mass is 9.65. The van der Waals surface area contributed by atoms with E-state index in [0.29, 0.717) is 17.1 Å². The number of benzene rings is 3. The van der Waals surface area contributed by atoms with Crippen LogP contribution in [0.1, 0.15) is 34.2 Å². The summed E-state index contributed by atoms with van der Waals surface area (Å²) in [6, 6.07) is 16.2. The van der Waals surface area contributed by atoms with Gasteiger partial charge in [0.25, 0.3) is 0 Å². The molecule has 1 saturated heterocycles. The van der Waals surface area contributed by atoms with Crippen molar-refractivity contribution in [2.24, 2.45) is 11.8 Å². The van der Waals surface area contributed by atoms with Crippen molar-refractivity contribution in [3.63, 3.8) is 0 Å². The number of hydrogen-bond donors (Lipinski definition) is 2. The summed E-state index contributed by atoms with van der Waals surface area (Å²) >= 11 is 0. The van der Waals surface area contributed by atoms with Crippen LogP contribution in [-0.4, -0.2) is 51.2 Å². The van der Waals surface area contributed by atoms with Crippen molar-refractivity contribution in [2.45, 2.75) is 18.6 Å². The van der Waals surface area contributed by atoms with Gasteiger partial charge in [0, 0.05) is 17.9 Å². The van der Waals surface area contributed by atoms with Crippen molar-refractivity contribution in [1.29, 1.82) is 0 Å². The molecule has 0 bridgehead atoms. The number of carbonyl (C=O) groups excluding carboxylic acids is 2. The number of rotatable bonds is 8. The van der Waals surface area contributed by atoms with Crippen molar-refractivity contribution in [3.8, 4) is 28.7 Å². The Bertz CT molecular complexity index is 1420. The van der Waals surface area contributed by atoms with Crippen LogP contribution in [0.15, 0.2) is 54.6 Å². The molecular weight excluding hydrogens is 518 g/mol. The minimum absolute atomic E-state index is 0.0612. The molecule has 2 heterocycles. The van der Waals surface area contributed by atoms with Gasteiger partial charge < -0.3 is 33.5 Å². The molecule has 0 spiro atoms. The van der Waals surface area contributed by atoms with E-state index in [4.69, 9.17) is 28.4 Å². The van der Waals surface area contributed by atoms with Crippen LogP contribution >= 0.6 is 0 Å². The number of fused-ring (bicyclic) bond motifs is 3. The zero-order chi connectivity index (χ0) is 27.8. The minimum Gasteiger partial charge on any atom is -0.502 e. The molecule has 0 radical (unpaired) electrons. The second-order valence-corrected chi connectivity index (χ2v) is 9.91. The number of ether oxygens (including phenoxy) is 6. The lowest BCUT2D eigenvalue weighted by Crippen LogP contribution is -2.42. The predicted molar refractivity (Wildman–Crippen MR) is 141 cm³/mol. The summed E-state index contributed by atoms with van der Waals surface area (Å²) in [5.41, 5.74) is 3.27. The molecule has 208 valence electrons. The molecule has 0 aromatic heterocycles. The van der Waals surface area contributed by atoms with Crippen molar-refractivity contribution in [2.75, 3.05) is 34.2 Å². The number of phenolic OH excluding ortho intramolecular Hbond substituents is 1. The smallest absolute Gasteiger partial charge is 0.320 e. The highest BCUT2D eigenvalue weighted by Crippen LogP contribution is 2.55. The maximum atomic E-state index is 13.2. The van der Waals surface area contributed by atoms with Gasteiger partial charge in [0.2, 0.25) is 12.5 Å². The predicted octanol–water partition coefficient (Wildman–Crippen LogP) is 3.45. The number of phenols is 1. The van der Waals surface area contributed by atoms with Crippen molar-refractivity contribution in [3.05, 3.63) is 76.9 Å². The third-order valence-corrected chi connectivity index (χ3v) is 7.76. The van der Waals surface area contributed by atoms with E-state index >= 15 is 0 Å². The Morgan fingerprint density at radius 1 is 0.975 bits per heavy atom. The summed E-state index contributed by atoms with van der Waals surface area (Å²) in [6.07, 6.45) is 0. The highest BCUT2D eigenvalue weighted by molar-refractivity contribution is 5.79. The zero-order valence-corrected chi connectivity index (χ0v) is 22.0. The van der Waals surface area contributed by atoms with Gasteiger partial charge in [-0.05, 0) is 46.5 Å². The van der Waals surface area contributed by atoms with Gasteiger partial charge in [-0.1, -0.05) is 30.3 Å². The molecule has 10 heteroatoms. The fourth-order valence-corrected chi connectivity index (χ4v) is 5.90. The van der Waals surface area contributed by atoms with Crippen molar-refractivity contribution >= 4 is 11.9 Å². The molecule has 3 aromatic rings. The summed E-state index contributed by atoms with van der Waals surface area (Å²) in [4.78, 5) is 25.9. The molecule has 10 nitrogen and oxygen atoms in total. The summed E-state index contributed by atoms with van der Waals surface area (Å²) in [5.74, 6) is -0.631. The average Bonchev–Trinajstić information content (AvgIpc) is 3.60. The Hall–Kier alpha value is -4.44. The zero-order valence-electron chi connectivity index (χ0n) is 22.0. The first-order valence-electron chi connectivity index (χ1n) is 13.0. The van der Waals surface area contributed by atoms with Crippen LogP contribution in [0.25, 0.3) is 0 Å². The number of esters is 2. The molecule has 0 amide bonds. The maximum Gasteiger partial charge on any atom is 0.320 e. The fourth-order valence-electron chi connectivity index (χ4n) is 5.90. The van der Waals surface area contributed by atoms with Gasteiger partial charge >= 0.3 is 11.9 Å². The van der Waals surface area contributed by atoms with Gasteiger partial charge in [0.1, 0.15) is 6.61 Å². The van der Waals surface area contributed by atoms with E-state index in [9.17, 15) is 14.7 Å². The van der Waals surface area contributed by atoms with E-state index in [1.165, 1.54) is 14.2 Å². The minimum atomic E-state index is -0.579. The van der Waals surface area contributed by atoms with Gasteiger partial charge in [-0.3, -0.25) is 14.9 Å². The van der Waals surface area contributed by atoms with Gasteiger partial charge in [-0.15, -0.1) is 0 Å². The molecule has 6 rings (SSSR count). The number of carbonyl (C=O) groups is 2. The average molecular weight is 548 g/mol. The molecule has 1 fully saturated rings. The first-order chi connectivity index (χ1) is 19.5. The van der Waals surface area contributed by atoms with Crippen LogP contribution in [-0.2, 0) is 25.7 Å². The van der Waals surface area contributed by atoms with Crippen LogP contribution in [0.5, 0.6) is 28.7 Å². The molecule has 0 unspecified atom stereocenters. The lowest BCUT2D eigenvalue weighted by Gasteiger charge is -2.39. The third-order valence-electron chi connectivity index (χ3n) is 7.76. The van der Waals surface area contributed by atoms with E-state index in [2.05, 4.69) is 5.32 Å². The standard InChI is InChI=1S/C30H29NO9/c1-35-23-8-17(9-24(36-2)29(23)33)26-18-10-21-22(40-15-39-21)11-19(18)28(20-14-38-30(34)27(20)26)31-12-25(32)37-13-16-6-4-3-5-7-16/h3-11,20,26-28,31,33H,12-15H2,1-2H3/t20-,26+,27-,28+/m0/s1. The Morgan fingerprint density at radius 3 is 2.33 bits per heavy atom. The molecule has 3 aliphatic rings. The SMILES string of the molecule is COc1cc([C@@H]2c3cc4c(cc3[C@@H](NCC(=O)OCc3ccccc3)[C@H]3COC(=O)[C@H]23)OCO4)cc(OC)c1O. The van der Waals surface area contributed by atoms with Crippen LogP contribution in [0.4, 0.5) is 0 Å². The number of aromatic hydroxyl groups is 1. The second kappa shape index (κ2) is 10.6. The Labute approximate surface area is 230 Å². The third kappa shape index (κ3) is 4.54. The molecule has 2 aliphatic heterocycles. The highest BCUT2D eigenvalue weighted by atomic mass is 16.7. The Kier molecular flexibility index (Phi) is 6.85. The van der Waals surface area contributed by atoms with Crippen LogP contribution in [0, 0.1) is 11.8 Å².